The van der Waals surface area contributed by atoms with E-state index in [9.17, 15) is 44.3 Å². The van der Waals surface area contributed by atoms with Crippen LogP contribution in [0.5, 0.6) is 5.75 Å². The summed E-state index contributed by atoms with van der Waals surface area (Å²) in [6, 6.07) is 6.38. The van der Waals surface area contributed by atoms with E-state index in [-0.39, 0.29) is 24.0 Å². The van der Waals surface area contributed by atoms with Gasteiger partial charge in [0.1, 0.15) is 5.75 Å². The van der Waals surface area contributed by atoms with Crippen molar-refractivity contribution < 1.29 is 72.7 Å². The number of hydrogen-bond donors (Lipinski definition) is 1. The Balaban J connectivity index is 0.823. The normalized spacial score (nSPS) is 26.8. The van der Waals surface area contributed by atoms with Crippen molar-refractivity contribution in [1.29, 1.82) is 0 Å². The first kappa shape index (κ1) is 52.5. The fourth-order valence-electron chi connectivity index (χ4n) is 10.9. The molecule has 4 fully saturated rings. The van der Waals surface area contributed by atoms with Crippen LogP contribution >= 0.6 is 0 Å². The van der Waals surface area contributed by atoms with Crippen LogP contribution in [0.4, 0.5) is 39.5 Å². The second kappa shape index (κ2) is 22.3. The molecule has 10 nitrogen and oxygen atoms in total. The Labute approximate surface area is 382 Å². The highest BCUT2D eigenvalue weighted by Gasteiger charge is 2.85. The number of carbonyl (C=O) groups excluding carboxylic acids is 1. The number of halogens is 9. The standard InChI is InChI=1S/C47H68F9N3O7/c1-42(2)65-31-33(32-66-42)8-4-25-61-29-16-41(60)57-18-5-19-58-21-23-59(24-22-58)20-6-26-62-35-10-12-36-34(30-35)9-11-38-37(36)15-17-43(3)39(38)13-14-40(43)63-27-7-28-64-44(45(48,49)50,46(51,52)53)47(54,55)56/h10,12,16,29-30,33,37-40H,4-9,11,13-15,17-28,31-32H2,1-3H3,(H,57,60)/t37?,38?,39?,40-,43-/m0/s1. The Kier molecular flexibility index (Phi) is 17.7. The van der Waals surface area contributed by atoms with Crippen molar-refractivity contribution >= 4 is 5.91 Å². The fraction of sp³-hybridized carbons (Fsp3) is 0.809. The van der Waals surface area contributed by atoms with Crippen LogP contribution in [-0.2, 0) is 34.9 Å². The monoisotopic (exact) mass is 957 g/mol. The number of nitrogens with one attached hydrogen (secondary N) is 1. The molecule has 2 saturated heterocycles. The van der Waals surface area contributed by atoms with Gasteiger partial charge in [-0.05, 0) is 137 Å². The molecule has 0 radical (unpaired) electrons. The van der Waals surface area contributed by atoms with Crippen LogP contribution < -0.4 is 10.1 Å². The van der Waals surface area contributed by atoms with Gasteiger partial charge in [0.25, 0.3) is 0 Å². The molecule has 66 heavy (non-hydrogen) atoms. The van der Waals surface area contributed by atoms with Crippen LogP contribution in [0, 0.1) is 23.2 Å². The molecule has 6 rings (SSSR count). The lowest BCUT2D eigenvalue weighted by Gasteiger charge is -2.50. The molecule has 1 aromatic rings. The maximum Gasteiger partial charge on any atom is 0.435 e. The van der Waals surface area contributed by atoms with Crippen LogP contribution in [0.2, 0.25) is 0 Å². The van der Waals surface area contributed by atoms with Crippen LogP contribution in [0.25, 0.3) is 0 Å². The lowest BCUT2D eigenvalue weighted by Crippen LogP contribution is -2.67. The molecule has 1 N–H and O–H groups in total. The summed E-state index contributed by atoms with van der Waals surface area (Å²) in [5, 5.41) is 2.93. The summed E-state index contributed by atoms with van der Waals surface area (Å²) in [6.45, 7) is 13.1. The Morgan fingerprint density at radius 3 is 2.14 bits per heavy atom. The highest BCUT2D eigenvalue weighted by atomic mass is 19.4. The molecule has 2 heterocycles. The third kappa shape index (κ3) is 12.9. The van der Waals surface area contributed by atoms with Crippen LogP contribution in [-0.4, -0.2) is 137 Å². The van der Waals surface area contributed by atoms with Crippen molar-refractivity contribution in [3.05, 3.63) is 41.7 Å². The van der Waals surface area contributed by atoms with E-state index in [0.717, 1.165) is 103 Å². The molecular formula is C47H68F9N3O7. The molecule has 2 aliphatic heterocycles. The van der Waals surface area contributed by atoms with Crippen molar-refractivity contribution in [1.82, 2.24) is 15.1 Å². The first-order valence-corrected chi connectivity index (χ1v) is 23.6. The molecule has 1 amide bonds. The quantitative estimate of drug-likeness (QED) is 0.0561. The first-order valence-electron chi connectivity index (χ1n) is 23.6. The zero-order chi connectivity index (χ0) is 47.8. The predicted octanol–water partition coefficient (Wildman–Crippen LogP) is 9.36. The highest BCUT2D eigenvalue weighted by molar-refractivity contribution is 5.87. The fourth-order valence-corrected chi connectivity index (χ4v) is 10.9. The molecule has 0 bridgehead atoms. The van der Waals surface area contributed by atoms with E-state index in [1.54, 1.807) is 0 Å². The molecule has 5 aliphatic rings. The van der Waals surface area contributed by atoms with Crippen molar-refractivity contribution in [3.63, 3.8) is 0 Å². The molecular weight excluding hydrogens is 890 g/mol. The molecule has 0 spiro atoms. The maximum absolute atomic E-state index is 13.2. The lowest BCUT2D eigenvalue weighted by atomic mass is 9.55. The average molecular weight is 958 g/mol. The Hall–Kier alpha value is -2.84. The van der Waals surface area contributed by atoms with Gasteiger partial charge in [-0.1, -0.05) is 13.0 Å². The second-order valence-electron chi connectivity index (χ2n) is 19.4. The number of benzene rings is 1. The van der Waals surface area contributed by atoms with Crippen LogP contribution in [0.1, 0.15) is 102 Å². The van der Waals surface area contributed by atoms with Gasteiger partial charge in [-0.15, -0.1) is 0 Å². The number of nitrogens with zero attached hydrogens (tertiary/aromatic N) is 2. The molecule has 3 aliphatic carbocycles. The van der Waals surface area contributed by atoms with E-state index < -0.39 is 42.9 Å². The molecule has 3 unspecified atom stereocenters. The zero-order valence-electron chi connectivity index (χ0n) is 38.4. The summed E-state index contributed by atoms with van der Waals surface area (Å²) >= 11 is 0. The molecule has 5 atom stereocenters. The van der Waals surface area contributed by atoms with Gasteiger partial charge in [0, 0.05) is 57.9 Å². The van der Waals surface area contributed by atoms with Crippen LogP contribution in [0.3, 0.4) is 0 Å². The van der Waals surface area contributed by atoms with E-state index in [0.29, 0.717) is 63.1 Å². The summed E-state index contributed by atoms with van der Waals surface area (Å²) < 4.78 is 152. The van der Waals surface area contributed by atoms with Gasteiger partial charge in [-0.25, -0.2) is 0 Å². The van der Waals surface area contributed by atoms with Crippen LogP contribution in [0.15, 0.2) is 30.5 Å². The first-order chi connectivity index (χ1) is 31.1. The number of rotatable bonds is 21. The Morgan fingerprint density at radius 1 is 0.803 bits per heavy atom. The van der Waals surface area contributed by atoms with Crippen molar-refractivity contribution in [2.45, 2.75) is 133 Å². The van der Waals surface area contributed by atoms with Gasteiger partial charge in [-0.2, -0.15) is 39.5 Å². The summed E-state index contributed by atoms with van der Waals surface area (Å²) in [7, 11) is 0. The number of amides is 1. The third-order valence-electron chi connectivity index (χ3n) is 14.6. The highest BCUT2D eigenvalue weighted by Crippen LogP contribution is 2.62. The Morgan fingerprint density at radius 2 is 1.47 bits per heavy atom. The maximum atomic E-state index is 13.2. The summed E-state index contributed by atoms with van der Waals surface area (Å²) in [4.78, 5) is 17.0. The van der Waals surface area contributed by atoms with Crippen molar-refractivity contribution in [3.8, 4) is 5.75 Å². The van der Waals surface area contributed by atoms with Crippen molar-refractivity contribution in [2.75, 3.05) is 85.5 Å². The number of carbonyl (C=O) groups is 1. The topological polar surface area (TPSA) is 91.0 Å². The largest absolute Gasteiger partial charge is 0.501 e. The number of fused-ring (bicyclic) bond motifs is 5. The number of piperazine rings is 1. The second-order valence-corrected chi connectivity index (χ2v) is 19.4. The number of hydrogen-bond acceptors (Lipinski definition) is 9. The smallest absolute Gasteiger partial charge is 0.435 e. The van der Waals surface area contributed by atoms with Gasteiger partial charge in [0.15, 0.2) is 5.79 Å². The van der Waals surface area contributed by atoms with Gasteiger partial charge in [-0.3, -0.25) is 4.79 Å². The zero-order valence-corrected chi connectivity index (χ0v) is 38.4. The minimum absolute atomic E-state index is 0.161. The van der Waals surface area contributed by atoms with Gasteiger partial charge >= 0.3 is 24.1 Å². The summed E-state index contributed by atoms with van der Waals surface area (Å²) in [5.74, 6) is 1.58. The number of aryl methyl sites for hydroxylation is 1. The average Bonchev–Trinajstić information content (AvgIpc) is 3.58. The van der Waals surface area contributed by atoms with E-state index >= 15 is 0 Å². The molecule has 2 saturated carbocycles. The minimum atomic E-state index is -6.75. The van der Waals surface area contributed by atoms with E-state index in [4.69, 9.17) is 23.7 Å². The lowest BCUT2D eigenvalue weighted by molar-refractivity contribution is -0.457. The van der Waals surface area contributed by atoms with E-state index in [1.807, 2.05) is 19.9 Å². The molecule has 376 valence electrons. The molecule has 0 aromatic heterocycles. The van der Waals surface area contributed by atoms with Gasteiger partial charge in [0.2, 0.25) is 5.91 Å². The summed E-state index contributed by atoms with van der Waals surface area (Å²) in [5.41, 5.74) is -3.93. The predicted molar refractivity (Wildman–Crippen MR) is 227 cm³/mol. The number of alkyl halides is 9. The van der Waals surface area contributed by atoms with E-state index in [2.05, 4.69) is 38.9 Å². The summed E-state index contributed by atoms with van der Waals surface area (Å²) in [6.07, 6.45) is -9.56. The Bertz CT molecular complexity index is 1690. The number of ether oxygens (including phenoxy) is 6. The minimum Gasteiger partial charge on any atom is -0.501 e. The van der Waals surface area contributed by atoms with Crippen molar-refractivity contribution in [2.24, 2.45) is 23.2 Å². The SMILES string of the molecule is CC1(C)OCC(CCCOC=CC(=O)NCCCN2CCN(CCCOc3ccc4c(c3)CCC3C4CC[C@@]4(C)C3CC[C@@H]4OCCCOC(C(F)(F)F)(C(F)(F)F)C(F)(F)F)CC2)CO1. The van der Waals surface area contributed by atoms with Gasteiger partial charge in [0.05, 0.1) is 45.4 Å². The third-order valence-corrected chi connectivity index (χ3v) is 14.6. The molecule has 1 aromatic carbocycles. The van der Waals surface area contributed by atoms with Gasteiger partial charge < -0.3 is 43.5 Å². The van der Waals surface area contributed by atoms with E-state index in [1.165, 1.54) is 23.5 Å². The molecule has 19 heteroatoms.